The molecule has 20 heavy (non-hydrogen) atoms. The summed E-state index contributed by atoms with van der Waals surface area (Å²) >= 11 is 0. The number of benzene rings is 1. The van der Waals surface area contributed by atoms with Crippen LogP contribution < -0.4 is 4.74 Å². The van der Waals surface area contributed by atoms with Crippen molar-refractivity contribution in [3.8, 4) is 5.75 Å². The summed E-state index contributed by atoms with van der Waals surface area (Å²) in [6.07, 6.45) is 3.58. The van der Waals surface area contributed by atoms with Gasteiger partial charge in [-0.1, -0.05) is 0 Å². The number of halogens is 1. The Hall–Kier alpha value is -0.780. The van der Waals surface area contributed by atoms with Crippen molar-refractivity contribution in [2.24, 2.45) is 0 Å². The number of nitrogens with zero attached hydrogens (tertiary/aromatic N) is 1. The number of likely N-dealkylation sites (tertiary alicyclic amines) is 1. The molecular weight excluding hydrogens is 298 g/mol. The quantitative estimate of drug-likeness (QED) is 0.598. The van der Waals surface area contributed by atoms with Crippen LogP contribution in [0.25, 0.3) is 0 Å². The van der Waals surface area contributed by atoms with Crippen LogP contribution in [0.3, 0.4) is 0 Å². The molecule has 1 aliphatic rings. The largest absolute Gasteiger partial charge is 0.494 e. The first kappa shape index (κ1) is 15.6. The molecule has 4 nitrogen and oxygen atoms in total. The molecule has 1 heterocycles. The highest BCUT2D eigenvalue weighted by molar-refractivity contribution is 8.13. The standard InChI is InChI=1S/C14H20ClNO3S/c1-12-11-13(5-6-14(12)20(15,17)18)19-10-4-9-16-7-2-3-8-16/h5-6,11H,2-4,7-10H2,1H3. The molecular formula is C14H20ClNO3S. The SMILES string of the molecule is Cc1cc(OCCCN2CCCC2)ccc1S(=O)(=O)Cl. The third-order valence-corrected chi connectivity index (χ3v) is 4.98. The zero-order chi connectivity index (χ0) is 14.6. The first-order valence-corrected chi connectivity index (χ1v) is 9.18. The lowest BCUT2D eigenvalue weighted by molar-refractivity contribution is 0.263. The molecule has 1 aromatic rings. The van der Waals surface area contributed by atoms with Gasteiger partial charge in [0.2, 0.25) is 0 Å². The summed E-state index contributed by atoms with van der Waals surface area (Å²) in [5.41, 5.74) is 0.608. The van der Waals surface area contributed by atoms with Crippen molar-refractivity contribution in [2.45, 2.75) is 31.1 Å². The van der Waals surface area contributed by atoms with E-state index in [9.17, 15) is 8.42 Å². The van der Waals surface area contributed by atoms with E-state index in [2.05, 4.69) is 4.90 Å². The second-order valence-corrected chi connectivity index (χ2v) is 7.65. The fraction of sp³-hybridized carbons (Fsp3) is 0.571. The van der Waals surface area contributed by atoms with Gasteiger partial charge in [-0.05, 0) is 63.0 Å². The van der Waals surface area contributed by atoms with E-state index in [1.807, 2.05) is 0 Å². The highest BCUT2D eigenvalue weighted by atomic mass is 35.7. The van der Waals surface area contributed by atoms with Crippen LogP contribution in [0.4, 0.5) is 0 Å². The van der Waals surface area contributed by atoms with Crippen molar-refractivity contribution < 1.29 is 13.2 Å². The predicted octanol–water partition coefficient (Wildman–Crippen LogP) is 2.79. The van der Waals surface area contributed by atoms with Gasteiger partial charge in [0.05, 0.1) is 11.5 Å². The molecule has 0 unspecified atom stereocenters. The van der Waals surface area contributed by atoms with Gasteiger partial charge in [0.1, 0.15) is 5.75 Å². The van der Waals surface area contributed by atoms with Gasteiger partial charge < -0.3 is 9.64 Å². The molecule has 0 spiro atoms. The van der Waals surface area contributed by atoms with Crippen LogP contribution in [0, 0.1) is 6.92 Å². The summed E-state index contributed by atoms with van der Waals surface area (Å²) in [7, 11) is 1.67. The monoisotopic (exact) mass is 317 g/mol. The van der Waals surface area contributed by atoms with Crippen LogP contribution in [0.5, 0.6) is 5.75 Å². The van der Waals surface area contributed by atoms with Crippen molar-refractivity contribution in [2.75, 3.05) is 26.2 Å². The topological polar surface area (TPSA) is 46.6 Å². The Morgan fingerprint density at radius 3 is 2.60 bits per heavy atom. The summed E-state index contributed by atoms with van der Waals surface area (Å²) in [5.74, 6) is 0.688. The minimum atomic E-state index is -3.68. The summed E-state index contributed by atoms with van der Waals surface area (Å²) in [4.78, 5) is 2.58. The van der Waals surface area contributed by atoms with E-state index < -0.39 is 9.05 Å². The van der Waals surface area contributed by atoms with E-state index in [1.165, 1.54) is 32.0 Å². The lowest BCUT2D eigenvalue weighted by Gasteiger charge is -2.14. The zero-order valence-electron chi connectivity index (χ0n) is 11.6. The van der Waals surface area contributed by atoms with Crippen LogP contribution in [0.15, 0.2) is 23.1 Å². The van der Waals surface area contributed by atoms with Crippen LogP contribution >= 0.6 is 10.7 Å². The summed E-state index contributed by atoms with van der Waals surface area (Å²) < 4.78 is 28.2. The molecule has 2 rings (SSSR count). The number of hydrogen-bond acceptors (Lipinski definition) is 4. The molecule has 0 N–H and O–H groups in total. The normalized spacial score (nSPS) is 16.5. The first-order chi connectivity index (χ1) is 9.47. The van der Waals surface area contributed by atoms with E-state index in [4.69, 9.17) is 15.4 Å². The van der Waals surface area contributed by atoms with Gasteiger partial charge in [0.25, 0.3) is 9.05 Å². The molecule has 0 amide bonds. The van der Waals surface area contributed by atoms with E-state index in [0.717, 1.165) is 13.0 Å². The lowest BCUT2D eigenvalue weighted by atomic mass is 10.2. The van der Waals surface area contributed by atoms with E-state index in [-0.39, 0.29) is 4.90 Å². The van der Waals surface area contributed by atoms with Gasteiger partial charge in [0.15, 0.2) is 0 Å². The van der Waals surface area contributed by atoms with Crippen LogP contribution in [0.1, 0.15) is 24.8 Å². The van der Waals surface area contributed by atoms with Crippen molar-refractivity contribution >= 4 is 19.7 Å². The predicted molar refractivity (Wildman–Crippen MR) is 80.0 cm³/mol. The number of rotatable bonds is 6. The molecule has 1 aromatic carbocycles. The van der Waals surface area contributed by atoms with E-state index >= 15 is 0 Å². The molecule has 112 valence electrons. The average Bonchev–Trinajstić information content (AvgIpc) is 2.86. The van der Waals surface area contributed by atoms with Crippen LogP contribution in [0.2, 0.25) is 0 Å². The molecule has 1 fully saturated rings. The van der Waals surface area contributed by atoms with Crippen molar-refractivity contribution in [1.82, 2.24) is 4.90 Å². The molecule has 0 aromatic heterocycles. The van der Waals surface area contributed by atoms with Gasteiger partial charge in [-0.3, -0.25) is 0 Å². The van der Waals surface area contributed by atoms with E-state index in [0.29, 0.717) is 17.9 Å². The fourth-order valence-corrected chi connectivity index (χ4v) is 3.66. The minimum absolute atomic E-state index is 0.142. The second-order valence-electron chi connectivity index (χ2n) is 5.12. The molecule has 1 aliphatic heterocycles. The number of hydrogen-bond donors (Lipinski definition) is 0. The van der Waals surface area contributed by atoms with Crippen molar-refractivity contribution in [1.29, 1.82) is 0 Å². The summed E-state index contributed by atoms with van der Waals surface area (Å²) in [6.45, 7) is 5.81. The maximum atomic E-state index is 11.3. The summed E-state index contributed by atoms with van der Waals surface area (Å²) in [5, 5.41) is 0. The Bertz CT molecular complexity index is 554. The molecule has 1 saturated heterocycles. The highest BCUT2D eigenvalue weighted by Gasteiger charge is 2.14. The smallest absolute Gasteiger partial charge is 0.261 e. The van der Waals surface area contributed by atoms with Crippen molar-refractivity contribution in [3.63, 3.8) is 0 Å². The fourth-order valence-electron chi connectivity index (χ4n) is 2.47. The molecule has 0 radical (unpaired) electrons. The second kappa shape index (κ2) is 6.78. The maximum absolute atomic E-state index is 11.3. The molecule has 0 atom stereocenters. The van der Waals surface area contributed by atoms with Gasteiger partial charge in [0, 0.05) is 17.2 Å². The van der Waals surface area contributed by atoms with Gasteiger partial charge in [-0.15, -0.1) is 0 Å². The van der Waals surface area contributed by atoms with Gasteiger partial charge in [-0.25, -0.2) is 8.42 Å². The Morgan fingerprint density at radius 1 is 1.30 bits per heavy atom. The van der Waals surface area contributed by atoms with Crippen LogP contribution in [-0.4, -0.2) is 39.6 Å². The van der Waals surface area contributed by atoms with E-state index in [1.54, 1.807) is 19.1 Å². The zero-order valence-corrected chi connectivity index (χ0v) is 13.2. The lowest BCUT2D eigenvalue weighted by Crippen LogP contribution is -2.21. The maximum Gasteiger partial charge on any atom is 0.261 e. The number of ether oxygens (including phenoxy) is 1. The Kier molecular flexibility index (Phi) is 5.29. The van der Waals surface area contributed by atoms with Crippen molar-refractivity contribution in [3.05, 3.63) is 23.8 Å². The molecule has 0 saturated carbocycles. The Balaban J connectivity index is 1.83. The molecule has 0 aliphatic carbocycles. The Morgan fingerprint density at radius 2 is 2.00 bits per heavy atom. The van der Waals surface area contributed by atoms with Gasteiger partial charge >= 0.3 is 0 Å². The van der Waals surface area contributed by atoms with Gasteiger partial charge in [-0.2, -0.15) is 0 Å². The first-order valence-electron chi connectivity index (χ1n) is 6.87. The molecule has 6 heteroatoms. The summed E-state index contributed by atoms with van der Waals surface area (Å²) in [6, 6.07) is 4.86. The minimum Gasteiger partial charge on any atom is -0.494 e. The third kappa shape index (κ3) is 4.36. The average molecular weight is 318 g/mol. The third-order valence-electron chi connectivity index (χ3n) is 3.50. The Labute approximate surface area is 125 Å². The van der Waals surface area contributed by atoms with Crippen LogP contribution in [-0.2, 0) is 9.05 Å². The highest BCUT2D eigenvalue weighted by Crippen LogP contribution is 2.24. The molecule has 0 bridgehead atoms. The number of aryl methyl sites for hydroxylation is 1.